The van der Waals surface area contributed by atoms with Crippen LogP contribution in [0.15, 0.2) is 65.6 Å². The van der Waals surface area contributed by atoms with Gasteiger partial charge in [0.05, 0.1) is 24.8 Å². The summed E-state index contributed by atoms with van der Waals surface area (Å²) in [5, 5.41) is 3.47. The number of aryl methyl sites for hydroxylation is 1. The number of halogens is 2. The molecular weight excluding hydrogens is 613 g/mol. The maximum Gasteiger partial charge on any atom is 0.264 e. The maximum absolute atomic E-state index is 14.1. The SMILES string of the molecule is CCCCNC(=O)C(C)N(Cc1c(Cl)cccc1Cl)C(=O)CN(c1ccc(OC)c(OC)c1)S(=O)(=O)c1ccc(C)cc1. The van der Waals surface area contributed by atoms with Crippen molar-refractivity contribution in [1.82, 2.24) is 10.2 Å². The summed E-state index contributed by atoms with van der Waals surface area (Å²) in [6.07, 6.45) is 1.65. The number of ether oxygens (including phenoxy) is 2. The number of carbonyl (C=O) groups excluding carboxylic acids is 2. The molecule has 1 N–H and O–H groups in total. The zero-order chi connectivity index (χ0) is 31.7. The number of rotatable bonds is 14. The van der Waals surface area contributed by atoms with Crippen molar-refractivity contribution in [3.63, 3.8) is 0 Å². The molecule has 0 aliphatic heterocycles. The van der Waals surface area contributed by atoms with Crippen LogP contribution in [0, 0.1) is 6.92 Å². The van der Waals surface area contributed by atoms with Crippen LogP contribution in [-0.2, 0) is 26.2 Å². The summed E-state index contributed by atoms with van der Waals surface area (Å²) >= 11 is 12.9. The molecule has 0 spiro atoms. The Labute approximate surface area is 263 Å². The quantitative estimate of drug-likeness (QED) is 0.220. The number of sulfonamides is 1. The standard InChI is InChI=1S/C31H37Cl2N3O6S/c1-6-7-17-34-31(38)22(3)35(19-25-26(32)9-8-10-27(25)33)30(37)20-36(23-13-16-28(41-4)29(18-23)42-5)43(39,40)24-14-11-21(2)12-15-24/h8-16,18,22H,6-7,17,19-20H2,1-5H3,(H,34,38). The van der Waals surface area contributed by atoms with Crippen molar-refractivity contribution in [3.8, 4) is 11.5 Å². The molecule has 9 nitrogen and oxygen atoms in total. The number of unbranched alkanes of at least 4 members (excludes halogenated alkanes) is 1. The van der Waals surface area contributed by atoms with Gasteiger partial charge < -0.3 is 19.7 Å². The average molecular weight is 651 g/mol. The van der Waals surface area contributed by atoms with Gasteiger partial charge in [0.2, 0.25) is 11.8 Å². The van der Waals surface area contributed by atoms with E-state index in [1.807, 2.05) is 13.8 Å². The Kier molecular flexibility index (Phi) is 12.1. The highest BCUT2D eigenvalue weighted by molar-refractivity contribution is 7.92. The molecule has 0 saturated heterocycles. The summed E-state index contributed by atoms with van der Waals surface area (Å²) in [7, 11) is -1.37. The minimum atomic E-state index is -4.26. The first-order valence-electron chi connectivity index (χ1n) is 13.8. The smallest absolute Gasteiger partial charge is 0.264 e. The lowest BCUT2D eigenvalue weighted by Gasteiger charge is -2.32. The third-order valence-corrected chi connectivity index (χ3v) is 9.43. The predicted octanol–water partition coefficient (Wildman–Crippen LogP) is 5.85. The van der Waals surface area contributed by atoms with Crippen LogP contribution in [0.5, 0.6) is 11.5 Å². The fraction of sp³-hybridized carbons (Fsp3) is 0.355. The van der Waals surface area contributed by atoms with Gasteiger partial charge in [-0.25, -0.2) is 8.42 Å². The van der Waals surface area contributed by atoms with Crippen molar-refractivity contribution >= 4 is 50.7 Å². The molecule has 3 aromatic rings. The van der Waals surface area contributed by atoms with Gasteiger partial charge in [0.15, 0.2) is 11.5 Å². The lowest BCUT2D eigenvalue weighted by atomic mass is 10.1. The van der Waals surface area contributed by atoms with Crippen LogP contribution in [0.4, 0.5) is 5.69 Å². The predicted molar refractivity (Wildman–Crippen MR) is 170 cm³/mol. The van der Waals surface area contributed by atoms with E-state index in [-0.39, 0.29) is 28.8 Å². The topological polar surface area (TPSA) is 105 Å². The van der Waals surface area contributed by atoms with E-state index in [9.17, 15) is 18.0 Å². The van der Waals surface area contributed by atoms with E-state index in [0.717, 1.165) is 22.7 Å². The van der Waals surface area contributed by atoms with E-state index in [4.69, 9.17) is 32.7 Å². The van der Waals surface area contributed by atoms with Crippen molar-refractivity contribution in [1.29, 1.82) is 0 Å². The summed E-state index contributed by atoms with van der Waals surface area (Å²) in [5.41, 5.74) is 1.48. The molecule has 43 heavy (non-hydrogen) atoms. The van der Waals surface area contributed by atoms with Crippen molar-refractivity contribution < 1.29 is 27.5 Å². The van der Waals surface area contributed by atoms with Crippen LogP contribution in [0.1, 0.15) is 37.8 Å². The van der Waals surface area contributed by atoms with Crippen LogP contribution in [-0.4, -0.2) is 58.5 Å². The Morgan fingerprint density at radius 1 is 0.953 bits per heavy atom. The van der Waals surface area contributed by atoms with Gasteiger partial charge in [-0.3, -0.25) is 13.9 Å². The molecule has 1 unspecified atom stereocenters. The van der Waals surface area contributed by atoms with E-state index in [1.165, 1.54) is 43.4 Å². The second-order valence-corrected chi connectivity index (χ2v) is 12.6. The number of benzene rings is 3. The van der Waals surface area contributed by atoms with Crippen LogP contribution in [0.3, 0.4) is 0 Å². The van der Waals surface area contributed by atoms with E-state index in [1.54, 1.807) is 43.3 Å². The second kappa shape index (κ2) is 15.3. The molecule has 0 aliphatic rings. The van der Waals surface area contributed by atoms with Crippen LogP contribution in [0.2, 0.25) is 10.0 Å². The Morgan fingerprint density at radius 3 is 2.16 bits per heavy atom. The first-order valence-corrected chi connectivity index (χ1v) is 16.0. The van der Waals surface area contributed by atoms with Gasteiger partial charge in [-0.1, -0.05) is 60.3 Å². The summed E-state index contributed by atoms with van der Waals surface area (Å²) in [6.45, 7) is 5.12. The third kappa shape index (κ3) is 8.34. The summed E-state index contributed by atoms with van der Waals surface area (Å²) < 4.78 is 39.9. The van der Waals surface area contributed by atoms with Crippen molar-refractivity contribution in [3.05, 3.63) is 81.8 Å². The van der Waals surface area contributed by atoms with Gasteiger partial charge in [-0.2, -0.15) is 0 Å². The summed E-state index contributed by atoms with van der Waals surface area (Å²) in [5.74, 6) is -0.360. The molecule has 232 valence electrons. The number of nitrogens with zero attached hydrogens (tertiary/aromatic N) is 2. The van der Waals surface area contributed by atoms with E-state index < -0.39 is 28.5 Å². The van der Waals surface area contributed by atoms with E-state index >= 15 is 0 Å². The molecule has 0 bridgehead atoms. The molecule has 2 amide bonds. The number of amides is 2. The zero-order valence-corrected chi connectivity index (χ0v) is 27.2. The first-order chi connectivity index (χ1) is 20.4. The second-order valence-electron chi connectivity index (χ2n) is 9.91. The van der Waals surface area contributed by atoms with Gasteiger partial charge in [0, 0.05) is 34.8 Å². The van der Waals surface area contributed by atoms with Crippen LogP contribution >= 0.6 is 23.2 Å². The fourth-order valence-electron chi connectivity index (χ4n) is 4.32. The maximum atomic E-state index is 14.1. The molecule has 0 heterocycles. The largest absolute Gasteiger partial charge is 0.493 e. The lowest BCUT2D eigenvalue weighted by molar-refractivity contribution is -0.139. The molecule has 3 rings (SSSR count). The van der Waals surface area contributed by atoms with Crippen LogP contribution in [0.25, 0.3) is 0 Å². The minimum Gasteiger partial charge on any atom is -0.493 e. The van der Waals surface area contributed by atoms with Crippen LogP contribution < -0.4 is 19.1 Å². The number of methoxy groups -OCH3 is 2. The highest BCUT2D eigenvalue weighted by Crippen LogP contribution is 2.34. The highest BCUT2D eigenvalue weighted by atomic mass is 35.5. The molecule has 0 aromatic heterocycles. The Morgan fingerprint density at radius 2 is 1.58 bits per heavy atom. The van der Waals surface area contributed by atoms with Gasteiger partial charge in [0.1, 0.15) is 12.6 Å². The summed E-state index contributed by atoms with van der Waals surface area (Å²) in [6, 6.07) is 14.9. The van der Waals surface area contributed by atoms with Crippen molar-refractivity contribution in [2.75, 3.05) is 31.6 Å². The zero-order valence-electron chi connectivity index (χ0n) is 24.9. The average Bonchev–Trinajstić information content (AvgIpc) is 2.99. The number of hydrogen-bond donors (Lipinski definition) is 1. The minimum absolute atomic E-state index is 0.00765. The molecule has 3 aromatic carbocycles. The van der Waals surface area contributed by atoms with E-state index in [2.05, 4.69) is 5.32 Å². The molecule has 12 heteroatoms. The normalized spacial score (nSPS) is 11.9. The fourth-order valence-corrected chi connectivity index (χ4v) is 6.24. The van der Waals surface area contributed by atoms with Gasteiger partial charge in [-0.15, -0.1) is 0 Å². The van der Waals surface area contributed by atoms with E-state index in [0.29, 0.717) is 27.9 Å². The molecule has 1 atom stereocenters. The lowest BCUT2D eigenvalue weighted by Crippen LogP contribution is -2.51. The molecule has 0 fully saturated rings. The Bertz CT molecular complexity index is 1510. The van der Waals surface area contributed by atoms with Gasteiger partial charge in [-0.05, 0) is 56.7 Å². The van der Waals surface area contributed by atoms with Crippen molar-refractivity contribution in [2.24, 2.45) is 0 Å². The first kappa shape index (κ1) is 34.0. The Balaban J connectivity index is 2.10. The highest BCUT2D eigenvalue weighted by Gasteiger charge is 2.33. The summed E-state index contributed by atoms with van der Waals surface area (Å²) in [4.78, 5) is 28.6. The van der Waals surface area contributed by atoms with Gasteiger partial charge in [0.25, 0.3) is 10.0 Å². The van der Waals surface area contributed by atoms with Crippen molar-refractivity contribution in [2.45, 2.75) is 51.1 Å². The number of hydrogen-bond acceptors (Lipinski definition) is 6. The monoisotopic (exact) mass is 649 g/mol. The van der Waals surface area contributed by atoms with Gasteiger partial charge >= 0.3 is 0 Å². The number of anilines is 1. The molecule has 0 aliphatic carbocycles. The molecule has 0 saturated carbocycles. The Hall–Kier alpha value is -3.47. The number of carbonyl (C=O) groups is 2. The third-order valence-electron chi connectivity index (χ3n) is 6.93. The molecular formula is C31H37Cl2N3O6S. The number of nitrogens with one attached hydrogen (secondary N) is 1. The molecule has 0 radical (unpaired) electrons.